The van der Waals surface area contributed by atoms with Crippen molar-refractivity contribution in [2.45, 2.75) is 19.4 Å². The van der Waals surface area contributed by atoms with Crippen molar-refractivity contribution in [3.8, 4) is 0 Å². The number of carbonyl (C=O) groups is 1. The van der Waals surface area contributed by atoms with Gasteiger partial charge in [-0.3, -0.25) is 4.79 Å². The molecule has 1 amide bonds. The fourth-order valence-electron chi connectivity index (χ4n) is 4.06. The van der Waals surface area contributed by atoms with Crippen LogP contribution in [0.5, 0.6) is 0 Å². The minimum atomic E-state index is 0.121. The number of carbonyl (C=O) groups excluding carboxylic acids is 1. The zero-order valence-electron chi connectivity index (χ0n) is 16.2. The first-order valence-corrected chi connectivity index (χ1v) is 9.79. The third kappa shape index (κ3) is 3.78. The topological polar surface area (TPSA) is 38.8 Å². The second-order valence-corrected chi connectivity index (χ2v) is 7.64. The second kappa shape index (κ2) is 7.61. The van der Waals surface area contributed by atoms with Crippen LogP contribution in [0.1, 0.15) is 12.5 Å². The summed E-state index contributed by atoms with van der Waals surface area (Å²) in [6, 6.07) is 16.9. The van der Waals surface area contributed by atoms with E-state index >= 15 is 0 Å². The largest absolute Gasteiger partial charge is 0.376 e. The molecule has 2 heterocycles. The molecule has 0 spiro atoms. The fraction of sp³-hybridized carbons (Fsp3) is 0.409. The number of fused-ring (bicyclic) bond motifs is 1. The molecule has 1 fully saturated rings. The minimum Gasteiger partial charge on any atom is -0.376 e. The third-order valence-corrected chi connectivity index (χ3v) is 5.66. The summed E-state index contributed by atoms with van der Waals surface area (Å²) in [7, 11) is 2.17. The van der Waals surface area contributed by atoms with Gasteiger partial charge in [-0.15, -0.1) is 0 Å². The maximum absolute atomic E-state index is 12.8. The molecule has 0 saturated carbocycles. The van der Waals surface area contributed by atoms with Crippen molar-refractivity contribution >= 4 is 23.0 Å². The number of likely N-dealkylation sites (N-methyl/N-ethyl adjacent to an activating group) is 1. The number of nitrogens with one attached hydrogen (secondary N) is 1. The lowest BCUT2D eigenvalue weighted by atomic mass is 10.1. The van der Waals surface area contributed by atoms with Crippen LogP contribution in [0.2, 0.25) is 0 Å². The van der Waals surface area contributed by atoms with Gasteiger partial charge in [-0.25, -0.2) is 0 Å². The Morgan fingerprint density at radius 1 is 1.04 bits per heavy atom. The van der Waals surface area contributed by atoms with Crippen LogP contribution in [0.4, 0.5) is 17.1 Å². The summed E-state index contributed by atoms with van der Waals surface area (Å²) in [5.41, 5.74) is 4.56. The molecule has 5 heteroatoms. The zero-order chi connectivity index (χ0) is 18.8. The first-order valence-electron chi connectivity index (χ1n) is 9.79. The Morgan fingerprint density at radius 2 is 1.74 bits per heavy atom. The first-order chi connectivity index (χ1) is 13.1. The molecular weight excluding hydrogens is 336 g/mol. The van der Waals surface area contributed by atoms with E-state index in [4.69, 9.17) is 0 Å². The normalized spacial score (nSPS) is 19.9. The summed E-state index contributed by atoms with van der Waals surface area (Å²) in [6.45, 7) is 6.76. The Kier molecular flexibility index (Phi) is 5.03. The van der Waals surface area contributed by atoms with E-state index in [1.165, 1.54) is 11.3 Å². The Balaban J connectivity index is 1.36. The third-order valence-electron chi connectivity index (χ3n) is 5.66. The summed E-state index contributed by atoms with van der Waals surface area (Å²) in [5.74, 6) is 0.121. The fourth-order valence-corrected chi connectivity index (χ4v) is 4.06. The van der Waals surface area contributed by atoms with E-state index in [2.05, 4.69) is 59.4 Å². The van der Waals surface area contributed by atoms with Crippen LogP contribution in [0, 0.1) is 0 Å². The van der Waals surface area contributed by atoms with E-state index in [-0.39, 0.29) is 11.9 Å². The van der Waals surface area contributed by atoms with E-state index in [9.17, 15) is 4.79 Å². The number of anilines is 3. The molecule has 142 valence electrons. The standard InChI is InChI=1S/C22H28N4O/c1-17-15-18-5-3-4-6-21(18)26(17)22(27)16-23-19-7-9-20(10-8-19)25-13-11-24(2)12-14-25/h3-10,17,23H,11-16H2,1-2H3. The summed E-state index contributed by atoms with van der Waals surface area (Å²) < 4.78 is 0. The smallest absolute Gasteiger partial charge is 0.246 e. The molecule has 0 aliphatic carbocycles. The van der Waals surface area contributed by atoms with E-state index < -0.39 is 0 Å². The number of para-hydroxylation sites is 1. The van der Waals surface area contributed by atoms with Crippen LogP contribution in [0.3, 0.4) is 0 Å². The van der Waals surface area contributed by atoms with Gasteiger partial charge >= 0.3 is 0 Å². The molecule has 0 aromatic heterocycles. The highest BCUT2D eigenvalue weighted by Crippen LogP contribution is 2.31. The van der Waals surface area contributed by atoms with Gasteiger partial charge < -0.3 is 20.0 Å². The van der Waals surface area contributed by atoms with Crippen LogP contribution in [0.25, 0.3) is 0 Å². The van der Waals surface area contributed by atoms with Crippen molar-refractivity contribution in [3.05, 3.63) is 54.1 Å². The van der Waals surface area contributed by atoms with Gasteiger partial charge in [0.2, 0.25) is 5.91 Å². The molecule has 2 aromatic carbocycles. The van der Waals surface area contributed by atoms with Crippen molar-refractivity contribution in [1.82, 2.24) is 4.90 Å². The number of benzene rings is 2. The van der Waals surface area contributed by atoms with E-state index in [0.717, 1.165) is 44.0 Å². The van der Waals surface area contributed by atoms with E-state index in [1.807, 2.05) is 23.1 Å². The quantitative estimate of drug-likeness (QED) is 0.906. The molecule has 1 atom stereocenters. The maximum atomic E-state index is 12.8. The van der Waals surface area contributed by atoms with Gasteiger partial charge in [0.05, 0.1) is 6.54 Å². The lowest BCUT2D eigenvalue weighted by Gasteiger charge is -2.34. The average molecular weight is 364 g/mol. The van der Waals surface area contributed by atoms with Gasteiger partial charge in [0.15, 0.2) is 0 Å². The van der Waals surface area contributed by atoms with Crippen LogP contribution < -0.4 is 15.1 Å². The lowest BCUT2D eigenvalue weighted by molar-refractivity contribution is -0.117. The molecule has 0 radical (unpaired) electrons. The number of piperazine rings is 1. The molecule has 5 nitrogen and oxygen atoms in total. The molecule has 1 saturated heterocycles. The molecular formula is C22H28N4O. The molecule has 0 bridgehead atoms. The van der Waals surface area contributed by atoms with E-state index in [0.29, 0.717) is 6.54 Å². The number of hydrogen-bond acceptors (Lipinski definition) is 4. The summed E-state index contributed by atoms with van der Waals surface area (Å²) >= 11 is 0. The average Bonchev–Trinajstić information content (AvgIpc) is 3.03. The van der Waals surface area contributed by atoms with Crippen LogP contribution in [0.15, 0.2) is 48.5 Å². The predicted octanol–water partition coefficient (Wildman–Crippen LogP) is 2.83. The molecule has 2 aliphatic rings. The second-order valence-electron chi connectivity index (χ2n) is 7.64. The monoisotopic (exact) mass is 364 g/mol. The summed E-state index contributed by atoms with van der Waals surface area (Å²) in [6.07, 6.45) is 0.932. The molecule has 4 rings (SSSR count). The van der Waals surface area contributed by atoms with Crippen molar-refractivity contribution < 1.29 is 4.79 Å². The van der Waals surface area contributed by atoms with E-state index in [1.54, 1.807) is 0 Å². The van der Waals surface area contributed by atoms with Crippen molar-refractivity contribution in [1.29, 1.82) is 0 Å². The number of rotatable bonds is 4. The highest BCUT2D eigenvalue weighted by atomic mass is 16.2. The SMILES string of the molecule is CC1Cc2ccccc2N1C(=O)CNc1ccc(N2CCN(C)CC2)cc1. The van der Waals surface area contributed by atoms with Crippen LogP contribution in [-0.2, 0) is 11.2 Å². The highest BCUT2D eigenvalue weighted by Gasteiger charge is 2.30. The Hall–Kier alpha value is -2.53. The van der Waals surface area contributed by atoms with Crippen molar-refractivity contribution in [3.63, 3.8) is 0 Å². The minimum absolute atomic E-state index is 0.121. The van der Waals surface area contributed by atoms with Gasteiger partial charge in [0.25, 0.3) is 0 Å². The number of amides is 1. The highest BCUT2D eigenvalue weighted by molar-refractivity contribution is 5.98. The van der Waals surface area contributed by atoms with Crippen molar-refractivity contribution in [2.75, 3.05) is 54.9 Å². The maximum Gasteiger partial charge on any atom is 0.246 e. The van der Waals surface area contributed by atoms with Crippen LogP contribution >= 0.6 is 0 Å². The summed E-state index contributed by atoms with van der Waals surface area (Å²) in [4.78, 5) is 19.5. The number of nitrogens with zero attached hydrogens (tertiary/aromatic N) is 3. The number of hydrogen-bond donors (Lipinski definition) is 1. The summed E-state index contributed by atoms with van der Waals surface area (Å²) in [5, 5.41) is 3.29. The van der Waals surface area contributed by atoms with Gasteiger partial charge in [-0.05, 0) is 56.3 Å². The van der Waals surface area contributed by atoms with Crippen LogP contribution in [-0.4, -0.2) is 56.6 Å². The molecule has 1 unspecified atom stereocenters. The Labute approximate surface area is 161 Å². The van der Waals surface area contributed by atoms with Crippen molar-refractivity contribution in [2.24, 2.45) is 0 Å². The van der Waals surface area contributed by atoms with Gasteiger partial charge in [0.1, 0.15) is 0 Å². The molecule has 1 N–H and O–H groups in total. The van der Waals surface area contributed by atoms with Gasteiger partial charge in [-0.2, -0.15) is 0 Å². The predicted molar refractivity (Wildman–Crippen MR) is 112 cm³/mol. The Bertz CT molecular complexity index is 796. The van der Waals surface area contributed by atoms with Gasteiger partial charge in [-0.1, -0.05) is 18.2 Å². The molecule has 2 aliphatic heterocycles. The lowest BCUT2D eigenvalue weighted by Crippen LogP contribution is -2.44. The zero-order valence-corrected chi connectivity index (χ0v) is 16.2. The molecule has 2 aromatic rings. The Morgan fingerprint density at radius 3 is 2.48 bits per heavy atom. The van der Waals surface area contributed by atoms with Gasteiger partial charge in [0, 0.05) is 49.3 Å². The first kappa shape index (κ1) is 17.9. The molecule has 27 heavy (non-hydrogen) atoms.